The molecule has 9 heteroatoms. The maximum atomic E-state index is 13.3. The van der Waals surface area contributed by atoms with E-state index in [2.05, 4.69) is 10.6 Å². The molecule has 1 aromatic heterocycles. The van der Waals surface area contributed by atoms with Gasteiger partial charge >= 0.3 is 5.97 Å². The first-order chi connectivity index (χ1) is 14.7. The molecule has 3 heterocycles. The van der Waals surface area contributed by atoms with Crippen LogP contribution in [0.1, 0.15) is 25.5 Å². The van der Waals surface area contributed by atoms with Crippen LogP contribution in [-0.4, -0.2) is 50.0 Å². The van der Waals surface area contributed by atoms with Crippen molar-refractivity contribution in [1.29, 1.82) is 0 Å². The summed E-state index contributed by atoms with van der Waals surface area (Å²) < 4.78 is 1.23. The third-order valence-electron chi connectivity index (χ3n) is 5.71. The van der Waals surface area contributed by atoms with Gasteiger partial charge < -0.3 is 15.3 Å². The number of carbonyl (C=O) groups excluding carboxylic acids is 2. The number of aromatic nitrogens is 1. The van der Waals surface area contributed by atoms with E-state index in [4.69, 9.17) is 0 Å². The standard InChI is InChI=1S/C22H24N4O4S/c1-22(2)17(21(29)30)26-19(28)16(20(26)31-22)24-18(27)15(13-9-5-4-6-10-13)23-14-11-7-8-12-25(14)3/h4-12,15-17,20H,1-3H3,(H2,24,27,29,30)/p+1/t15?,16?,17-,20?/m0/s1. The summed E-state index contributed by atoms with van der Waals surface area (Å²) in [4.78, 5) is 39.1. The number of carbonyl (C=O) groups is 3. The molecule has 0 spiro atoms. The van der Waals surface area contributed by atoms with Crippen LogP contribution in [0.25, 0.3) is 0 Å². The number of amides is 2. The molecule has 1 aromatic carbocycles. The molecule has 0 saturated carbocycles. The zero-order chi connectivity index (χ0) is 22.3. The van der Waals surface area contributed by atoms with Gasteiger partial charge in [0.15, 0.2) is 6.04 Å². The van der Waals surface area contributed by atoms with Crippen LogP contribution in [0.5, 0.6) is 0 Å². The summed E-state index contributed by atoms with van der Waals surface area (Å²) in [5, 5.41) is 15.3. The highest BCUT2D eigenvalue weighted by Gasteiger charge is 2.64. The van der Waals surface area contributed by atoms with Crippen LogP contribution < -0.4 is 15.2 Å². The zero-order valence-electron chi connectivity index (χ0n) is 17.5. The Morgan fingerprint density at radius 2 is 1.84 bits per heavy atom. The number of hydrogen-bond acceptors (Lipinski definition) is 5. The second kappa shape index (κ2) is 7.88. The van der Waals surface area contributed by atoms with Crippen LogP contribution in [0.15, 0.2) is 54.7 Å². The van der Waals surface area contributed by atoms with Gasteiger partial charge in [-0.15, -0.1) is 11.8 Å². The van der Waals surface area contributed by atoms with Crippen LogP contribution in [-0.2, 0) is 21.4 Å². The number of β-lactam (4-membered cyclic amide) rings is 1. The van der Waals surface area contributed by atoms with Crippen LogP contribution in [0.3, 0.4) is 0 Å². The summed E-state index contributed by atoms with van der Waals surface area (Å²) in [6, 6.07) is 12.5. The highest BCUT2D eigenvalue weighted by atomic mass is 32.2. The number of rotatable bonds is 6. The maximum Gasteiger partial charge on any atom is 0.327 e. The van der Waals surface area contributed by atoms with Gasteiger partial charge in [-0.3, -0.25) is 14.9 Å². The van der Waals surface area contributed by atoms with Gasteiger partial charge in [-0.1, -0.05) is 36.4 Å². The SMILES string of the molecule is C[n+]1ccccc1NC(C(=O)NC1C(=O)N2C1SC(C)(C)[C@@H]2C(=O)O)c1ccccc1. The minimum Gasteiger partial charge on any atom is -0.480 e. The van der Waals surface area contributed by atoms with E-state index in [0.29, 0.717) is 0 Å². The molecule has 2 aromatic rings. The number of nitrogens with one attached hydrogen (secondary N) is 2. The molecule has 2 aliphatic rings. The van der Waals surface area contributed by atoms with E-state index in [1.54, 1.807) is 0 Å². The van der Waals surface area contributed by atoms with Crippen LogP contribution in [0.4, 0.5) is 5.82 Å². The van der Waals surface area contributed by atoms with Crippen molar-refractivity contribution < 1.29 is 24.1 Å². The highest BCUT2D eigenvalue weighted by molar-refractivity contribution is 8.01. The number of aryl methyl sites for hydroxylation is 1. The lowest BCUT2D eigenvalue weighted by Crippen LogP contribution is -2.71. The van der Waals surface area contributed by atoms with Gasteiger partial charge in [0.2, 0.25) is 5.91 Å². The van der Waals surface area contributed by atoms with E-state index in [1.165, 1.54) is 16.7 Å². The largest absolute Gasteiger partial charge is 0.480 e. The molecular formula is C22H25N4O4S+. The predicted molar refractivity (Wildman–Crippen MR) is 116 cm³/mol. The van der Waals surface area contributed by atoms with Gasteiger partial charge in [-0.25, -0.2) is 9.36 Å². The summed E-state index contributed by atoms with van der Waals surface area (Å²) in [5.74, 6) is -0.986. The van der Waals surface area contributed by atoms with Gasteiger partial charge in [0.25, 0.3) is 11.7 Å². The molecular weight excluding hydrogens is 416 g/mol. The Hall–Kier alpha value is -3.07. The summed E-state index contributed by atoms with van der Waals surface area (Å²) in [6.07, 6.45) is 1.87. The van der Waals surface area contributed by atoms with Crippen molar-refractivity contribution in [1.82, 2.24) is 10.2 Å². The number of hydrogen-bond donors (Lipinski definition) is 3. The normalized spacial score (nSPS) is 24.7. The van der Waals surface area contributed by atoms with Crippen molar-refractivity contribution in [3.05, 3.63) is 60.3 Å². The molecule has 162 valence electrons. The van der Waals surface area contributed by atoms with Crippen molar-refractivity contribution in [3.63, 3.8) is 0 Å². The molecule has 2 fully saturated rings. The Morgan fingerprint density at radius 3 is 2.48 bits per heavy atom. The Balaban J connectivity index is 1.56. The molecule has 2 aliphatic heterocycles. The van der Waals surface area contributed by atoms with E-state index in [9.17, 15) is 19.5 Å². The lowest BCUT2D eigenvalue weighted by molar-refractivity contribution is -0.657. The number of carboxylic acid groups (broad SMARTS) is 1. The van der Waals surface area contributed by atoms with Gasteiger partial charge in [-0.2, -0.15) is 0 Å². The fourth-order valence-corrected chi connectivity index (χ4v) is 5.77. The summed E-state index contributed by atoms with van der Waals surface area (Å²) in [6.45, 7) is 3.62. The van der Waals surface area contributed by atoms with E-state index in [1.807, 2.05) is 80.2 Å². The molecule has 2 amide bonds. The Morgan fingerprint density at radius 1 is 1.16 bits per heavy atom. The minimum absolute atomic E-state index is 0.342. The quantitative estimate of drug-likeness (QED) is 0.461. The number of fused-ring (bicyclic) bond motifs is 1. The molecule has 4 atom stereocenters. The van der Waals surface area contributed by atoms with Gasteiger partial charge in [0.05, 0.1) is 13.2 Å². The van der Waals surface area contributed by atoms with Crippen LogP contribution in [0.2, 0.25) is 0 Å². The predicted octanol–water partition coefficient (Wildman–Crippen LogP) is 1.30. The Labute approximate surface area is 184 Å². The molecule has 31 heavy (non-hydrogen) atoms. The van der Waals surface area contributed by atoms with E-state index in [0.717, 1.165) is 11.4 Å². The molecule has 8 nitrogen and oxygen atoms in total. The van der Waals surface area contributed by atoms with Crippen LogP contribution in [0, 0.1) is 0 Å². The van der Waals surface area contributed by atoms with E-state index >= 15 is 0 Å². The van der Waals surface area contributed by atoms with Crippen molar-refractivity contribution in [3.8, 4) is 0 Å². The summed E-state index contributed by atoms with van der Waals surface area (Å²) >= 11 is 1.41. The number of benzene rings is 1. The topological polar surface area (TPSA) is 103 Å². The van der Waals surface area contributed by atoms with Gasteiger partial charge in [-0.05, 0) is 19.9 Å². The third kappa shape index (κ3) is 3.74. The molecule has 3 N–H and O–H groups in total. The molecule has 0 aliphatic carbocycles. The number of anilines is 1. The van der Waals surface area contributed by atoms with Gasteiger partial charge in [0.1, 0.15) is 17.5 Å². The number of pyridine rings is 1. The van der Waals surface area contributed by atoms with Crippen LogP contribution >= 0.6 is 11.8 Å². The molecule has 0 bridgehead atoms. The fourth-order valence-electron chi connectivity index (χ4n) is 4.15. The zero-order valence-corrected chi connectivity index (χ0v) is 18.3. The first kappa shape index (κ1) is 21.2. The third-order valence-corrected chi connectivity index (χ3v) is 7.29. The molecule has 2 saturated heterocycles. The average Bonchev–Trinajstić information content (AvgIpc) is 3.00. The minimum atomic E-state index is -1.03. The second-order valence-corrected chi connectivity index (χ2v) is 10.0. The van der Waals surface area contributed by atoms with Crippen molar-refractivity contribution >= 4 is 35.4 Å². The maximum absolute atomic E-state index is 13.3. The van der Waals surface area contributed by atoms with Crippen molar-refractivity contribution in [2.45, 2.75) is 42.1 Å². The fraction of sp³-hybridized carbons (Fsp3) is 0.364. The first-order valence-electron chi connectivity index (χ1n) is 10.00. The first-order valence-corrected chi connectivity index (χ1v) is 10.9. The lowest BCUT2D eigenvalue weighted by Gasteiger charge is -2.43. The van der Waals surface area contributed by atoms with E-state index in [-0.39, 0.29) is 11.8 Å². The smallest absolute Gasteiger partial charge is 0.327 e. The van der Waals surface area contributed by atoms with Gasteiger partial charge in [0, 0.05) is 16.4 Å². The number of nitrogens with zero attached hydrogens (tertiary/aromatic N) is 2. The monoisotopic (exact) mass is 441 g/mol. The summed E-state index contributed by atoms with van der Waals surface area (Å²) in [5.41, 5.74) is 0.760. The summed E-state index contributed by atoms with van der Waals surface area (Å²) in [7, 11) is 1.87. The highest BCUT2D eigenvalue weighted by Crippen LogP contribution is 2.50. The number of aliphatic carboxylic acids is 1. The molecule has 3 unspecified atom stereocenters. The molecule has 4 rings (SSSR count). The van der Waals surface area contributed by atoms with Crippen molar-refractivity contribution in [2.24, 2.45) is 7.05 Å². The molecule has 0 radical (unpaired) electrons. The Kier molecular flexibility index (Phi) is 5.38. The van der Waals surface area contributed by atoms with E-state index < -0.39 is 34.2 Å². The van der Waals surface area contributed by atoms with Crippen molar-refractivity contribution in [2.75, 3.05) is 5.32 Å². The number of thioether (sulfide) groups is 1. The lowest BCUT2D eigenvalue weighted by atomic mass is 9.95. The Bertz CT molecular complexity index is 1030. The average molecular weight is 442 g/mol. The second-order valence-electron chi connectivity index (χ2n) is 8.27. The number of carboxylic acids is 1.